The van der Waals surface area contributed by atoms with Crippen molar-refractivity contribution in [3.8, 4) is 0 Å². The standard InChI is InChI=1S/C7H11F2NO4.C2H4.CH4O/c8-7(9,10-13)6(12)14-5-2-1-4(11)3-5;2*1-2/h4-5,10-11,13H,1-3H2;1-2H2;2H,1H3. The zero-order valence-corrected chi connectivity index (χ0v) is 10.1. The van der Waals surface area contributed by atoms with E-state index >= 15 is 0 Å². The number of aliphatic hydroxyl groups is 2. The number of hydrogen-bond acceptors (Lipinski definition) is 6. The lowest BCUT2D eigenvalue weighted by molar-refractivity contribution is -0.199. The Morgan fingerprint density at radius 1 is 1.39 bits per heavy atom. The number of hydrogen-bond donors (Lipinski definition) is 4. The van der Waals surface area contributed by atoms with Gasteiger partial charge in [0.1, 0.15) is 6.10 Å². The monoisotopic (exact) mass is 271 g/mol. The van der Waals surface area contributed by atoms with E-state index in [9.17, 15) is 13.6 Å². The lowest BCUT2D eigenvalue weighted by atomic mass is 10.3. The molecular formula is C10H19F2NO5. The summed E-state index contributed by atoms with van der Waals surface area (Å²) in [6.07, 6.45) is -0.363. The zero-order chi connectivity index (χ0) is 14.8. The summed E-state index contributed by atoms with van der Waals surface area (Å²) in [6, 6.07) is -4.09. The summed E-state index contributed by atoms with van der Waals surface area (Å²) in [5.41, 5.74) is 0.556. The van der Waals surface area contributed by atoms with Crippen molar-refractivity contribution in [1.82, 2.24) is 5.48 Å². The van der Waals surface area contributed by atoms with E-state index in [1.165, 1.54) is 0 Å². The molecule has 0 aromatic carbocycles. The van der Waals surface area contributed by atoms with Crippen molar-refractivity contribution >= 4 is 5.97 Å². The first kappa shape index (κ1) is 19.3. The second kappa shape index (κ2) is 9.89. The molecule has 0 bridgehead atoms. The van der Waals surface area contributed by atoms with Crippen LogP contribution < -0.4 is 5.48 Å². The molecule has 4 N–H and O–H groups in total. The van der Waals surface area contributed by atoms with Crippen molar-refractivity contribution in [1.29, 1.82) is 0 Å². The SMILES string of the molecule is C=C.CO.O=C(OC1CCC(O)C1)C(F)(F)NO. The summed E-state index contributed by atoms with van der Waals surface area (Å²) in [5, 5.41) is 24.0. The van der Waals surface area contributed by atoms with Gasteiger partial charge in [-0.25, -0.2) is 4.79 Å². The van der Waals surface area contributed by atoms with Gasteiger partial charge in [0.2, 0.25) is 0 Å². The summed E-state index contributed by atoms with van der Waals surface area (Å²) in [5.74, 6) is -1.83. The molecule has 0 amide bonds. The molecule has 2 atom stereocenters. The Bertz CT molecular complexity index is 240. The lowest BCUT2D eigenvalue weighted by Crippen LogP contribution is -2.44. The van der Waals surface area contributed by atoms with Crippen LogP contribution in [0.15, 0.2) is 13.2 Å². The number of ether oxygens (including phenoxy) is 1. The molecule has 0 aromatic heterocycles. The van der Waals surface area contributed by atoms with E-state index in [0.717, 1.165) is 7.11 Å². The van der Waals surface area contributed by atoms with Gasteiger partial charge in [0.05, 0.1) is 6.10 Å². The maximum atomic E-state index is 12.4. The van der Waals surface area contributed by atoms with Gasteiger partial charge in [0.25, 0.3) is 0 Å². The van der Waals surface area contributed by atoms with Crippen molar-refractivity contribution in [2.24, 2.45) is 0 Å². The Morgan fingerprint density at radius 3 is 2.22 bits per heavy atom. The lowest BCUT2D eigenvalue weighted by Gasteiger charge is -2.16. The highest BCUT2D eigenvalue weighted by atomic mass is 19.3. The smallest absolute Gasteiger partial charge is 0.420 e. The summed E-state index contributed by atoms with van der Waals surface area (Å²) in [6.45, 7) is 6.00. The van der Waals surface area contributed by atoms with Gasteiger partial charge in [-0.1, -0.05) is 0 Å². The molecule has 0 saturated heterocycles. The number of carbonyl (C=O) groups is 1. The fourth-order valence-electron chi connectivity index (χ4n) is 1.30. The third kappa shape index (κ3) is 6.60. The Kier molecular flexibility index (Phi) is 10.6. The van der Waals surface area contributed by atoms with Crippen molar-refractivity contribution < 1.29 is 33.7 Å². The molecule has 0 heterocycles. The molecule has 18 heavy (non-hydrogen) atoms. The molecule has 1 saturated carbocycles. The van der Waals surface area contributed by atoms with E-state index in [2.05, 4.69) is 17.9 Å². The molecule has 1 fully saturated rings. The van der Waals surface area contributed by atoms with Gasteiger partial charge in [-0.3, -0.25) is 0 Å². The van der Waals surface area contributed by atoms with Crippen LogP contribution in [0.2, 0.25) is 0 Å². The molecule has 2 unspecified atom stereocenters. The molecular weight excluding hydrogens is 252 g/mol. The van der Waals surface area contributed by atoms with Crippen molar-refractivity contribution in [3.63, 3.8) is 0 Å². The van der Waals surface area contributed by atoms with Crippen LogP contribution in [0.4, 0.5) is 8.78 Å². The molecule has 6 nitrogen and oxygen atoms in total. The van der Waals surface area contributed by atoms with E-state index < -0.39 is 24.2 Å². The average Bonchev–Trinajstić information content (AvgIpc) is 2.79. The molecule has 1 rings (SSSR count). The van der Waals surface area contributed by atoms with E-state index in [1.807, 2.05) is 0 Å². The maximum absolute atomic E-state index is 12.4. The second-order valence-electron chi connectivity index (χ2n) is 3.18. The fraction of sp³-hybridized carbons (Fsp3) is 0.700. The molecule has 1 aliphatic rings. The first-order valence-electron chi connectivity index (χ1n) is 5.08. The van der Waals surface area contributed by atoms with E-state index in [0.29, 0.717) is 18.3 Å². The predicted molar refractivity (Wildman–Crippen MR) is 59.0 cm³/mol. The largest absolute Gasteiger partial charge is 0.457 e. The topological polar surface area (TPSA) is 99.0 Å². The van der Waals surface area contributed by atoms with E-state index in [-0.39, 0.29) is 6.42 Å². The van der Waals surface area contributed by atoms with Gasteiger partial charge in [-0.2, -0.15) is 8.78 Å². The molecule has 108 valence electrons. The molecule has 0 aromatic rings. The maximum Gasteiger partial charge on any atom is 0.420 e. The van der Waals surface area contributed by atoms with Gasteiger partial charge >= 0.3 is 12.0 Å². The Labute approximate surface area is 104 Å². The number of aliphatic hydroxyl groups excluding tert-OH is 2. The molecule has 0 spiro atoms. The molecule has 1 aliphatic carbocycles. The molecule has 0 radical (unpaired) electrons. The normalized spacial score (nSPS) is 22.1. The third-order valence-electron chi connectivity index (χ3n) is 2.03. The van der Waals surface area contributed by atoms with E-state index in [4.69, 9.17) is 15.4 Å². The minimum atomic E-state index is -4.09. The summed E-state index contributed by atoms with van der Waals surface area (Å²) in [7, 11) is 1.00. The highest BCUT2D eigenvalue weighted by molar-refractivity contribution is 5.76. The number of alkyl halides is 2. The van der Waals surface area contributed by atoms with Gasteiger partial charge in [-0.05, 0) is 12.8 Å². The van der Waals surface area contributed by atoms with Crippen molar-refractivity contribution in [2.45, 2.75) is 37.5 Å². The third-order valence-corrected chi connectivity index (χ3v) is 2.03. The van der Waals surface area contributed by atoms with Crippen LogP contribution in [-0.2, 0) is 9.53 Å². The predicted octanol–water partition coefficient (Wildman–Crippen LogP) is 0.425. The van der Waals surface area contributed by atoms with Crippen LogP contribution in [0.3, 0.4) is 0 Å². The Morgan fingerprint density at radius 2 is 1.89 bits per heavy atom. The van der Waals surface area contributed by atoms with Gasteiger partial charge in [-0.15, -0.1) is 18.6 Å². The highest BCUT2D eigenvalue weighted by Crippen LogP contribution is 2.24. The number of halogens is 2. The van der Waals surface area contributed by atoms with Gasteiger partial charge in [0, 0.05) is 13.5 Å². The minimum absolute atomic E-state index is 0.160. The second-order valence-corrected chi connectivity index (χ2v) is 3.18. The van der Waals surface area contributed by atoms with Crippen LogP contribution in [0, 0.1) is 0 Å². The Balaban J connectivity index is 0. The summed E-state index contributed by atoms with van der Waals surface area (Å²) < 4.78 is 29.2. The van der Waals surface area contributed by atoms with Crippen LogP contribution in [0.5, 0.6) is 0 Å². The number of carbonyl (C=O) groups excluding carboxylic acids is 1. The average molecular weight is 271 g/mol. The zero-order valence-electron chi connectivity index (χ0n) is 10.1. The quantitative estimate of drug-likeness (QED) is 0.257. The number of esters is 1. The molecule has 8 heteroatoms. The van der Waals surface area contributed by atoms with E-state index in [1.54, 1.807) is 0 Å². The van der Waals surface area contributed by atoms with Crippen LogP contribution in [0.25, 0.3) is 0 Å². The first-order valence-corrected chi connectivity index (χ1v) is 5.08. The van der Waals surface area contributed by atoms with Gasteiger partial charge < -0.3 is 20.2 Å². The van der Waals surface area contributed by atoms with Crippen LogP contribution >= 0.6 is 0 Å². The van der Waals surface area contributed by atoms with Crippen molar-refractivity contribution in [2.75, 3.05) is 7.11 Å². The first-order chi connectivity index (χ1) is 8.45. The number of nitrogens with one attached hydrogen (secondary N) is 1. The van der Waals surface area contributed by atoms with Crippen molar-refractivity contribution in [3.05, 3.63) is 13.2 Å². The van der Waals surface area contributed by atoms with Crippen LogP contribution in [-0.4, -0.2) is 46.8 Å². The van der Waals surface area contributed by atoms with Gasteiger partial charge in [0.15, 0.2) is 0 Å². The summed E-state index contributed by atoms with van der Waals surface area (Å²) >= 11 is 0. The minimum Gasteiger partial charge on any atom is -0.457 e. The summed E-state index contributed by atoms with van der Waals surface area (Å²) in [4.78, 5) is 10.7. The molecule has 0 aliphatic heterocycles. The number of rotatable bonds is 3. The number of hydroxylamine groups is 1. The Hall–Kier alpha value is -1.09. The fourth-order valence-corrected chi connectivity index (χ4v) is 1.30. The van der Waals surface area contributed by atoms with Crippen LogP contribution in [0.1, 0.15) is 19.3 Å². The highest BCUT2D eigenvalue weighted by Gasteiger charge is 2.42.